The fourth-order valence-electron chi connectivity index (χ4n) is 3.67. The maximum absolute atomic E-state index is 15.1. The van der Waals surface area contributed by atoms with Gasteiger partial charge in [0.15, 0.2) is 21.3 Å². The number of amides is 1. The molecule has 2 aromatic heterocycles. The van der Waals surface area contributed by atoms with Crippen LogP contribution in [0.3, 0.4) is 0 Å². The lowest BCUT2D eigenvalue weighted by molar-refractivity contribution is -0.142. The molecule has 2 heterocycles. The first-order valence-corrected chi connectivity index (χ1v) is 13.0. The van der Waals surface area contributed by atoms with E-state index in [1.165, 1.54) is 25.3 Å². The normalized spacial score (nSPS) is 14.6. The van der Waals surface area contributed by atoms with Gasteiger partial charge in [-0.15, -0.1) is 10.2 Å². The number of carbonyl (C=O) groups excluding carboxylic acids is 1. The Morgan fingerprint density at radius 1 is 1.13 bits per heavy atom. The van der Waals surface area contributed by atoms with Crippen molar-refractivity contribution in [1.29, 1.82) is 0 Å². The van der Waals surface area contributed by atoms with Crippen LogP contribution in [-0.4, -0.2) is 42.9 Å². The van der Waals surface area contributed by atoms with E-state index in [9.17, 15) is 26.4 Å². The molecular weight excluding hydrogens is 532 g/mol. The molecule has 0 saturated heterocycles. The fraction of sp³-hybridized carbons (Fsp3) is 0.333. The van der Waals surface area contributed by atoms with Crippen molar-refractivity contribution in [1.82, 2.24) is 15.2 Å². The predicted octanol–water partition coefficient (Wildman–Crippen LogP) is 4.85. The standard InChI is InChI=1S/C24H22F4N4O5S/c1-12-17(20(33)29-13-6-5-7-14(10-13)38(4,34)35)21(32-31-19(12)24(26,27)28)37-18-15(25)11-16(23(2)8-9-23)30-22(18)36-3/h5-7,10-11H,8-9H2,1-4H3,(H,29,33). The number of carbonyl (C=O) groups is 1. The van der Waals surface area contributed by atoms with Gasteiger partial charge in [-0.1, -0.05) is 13.0 Å². The number of hydrogen-bond acceptors (Lipinski definition) is 8. The molecule has 0 atom stereocenters. The van der Waals surface area contributed by atoms with Gasteiger partial charge >= 0.3 is 6.18 Å². The van der Waals surface area contributed by atoms with Gasteiger partial charge in [-0.3, -0.25) is 4.79 Å². The Morgan fingerprint density at radius 2 is 1.82 bits per heavy atom. The average molecular weight is 555 g/mol. The first-order valence-electron chi connectivity index (χ1n) is 11.1. The highest BCUT2D eigenvalue weighted by molar-refractivity contribution is 7.90. The summed E-state index contributed by atoms with van der Waals surface area (Å²) in [6.07, 6.45) is -2.43. The Morgan fingerprint density at radius 3 is 2.39 bits per heavy atom. The summed E-state index contributed by atoms with van der Waals surface area (Å²) in [4.78, 5) is 17.3. The van der Waals surface area contributed by atoms with E-state index in [-0.39, 0.29) is 21.9 Å². The second kappa shape index (κ2) is 9.49. The van der Waals surface area contributed by atoms with Crippen molar-refractivity contribution in [3.8, 4) is 17.5 Å². The second-order valence-electron chi connectivity index (χ2n) is 9.10. The number of alkyl halides is 3. The van der Waals surface area contributed by atoms with Crippen molar-refractivity contribution in [3.05, 3.63) is 58.7 Å². The molecule has 0 radical (unpaired) electrons. The van der Waals surface area contributed by atoms with Gasteiger partial charge in [0.1, 0.15) is 5.56 Å². The summed E-state index contributed by atoms with van der Waals surface area (Å²) in [5, 5.41) is 8.91. The van der Waals surface area contributed by atoms with E-state index in [1.54, 1.807) is 0 Å². The van der Waals surface area contributed by atoms with Gasteiger partial charge < -0.3 is 14.8 Å². The molecule has 1 aliphatic rings. The molecular formula is C24H22F4N4O5S. The van der Waals surface area contributed by atoms with Gasteiger partial charge in [-0.05, 0) is 43.5 Å². The van der Waals surface area contributed by atoms with E-state index in [0.29, 0.717) is 5.69 Å². The number of nitrogens with one attached hydrogen (secondary N) is 1. The Balaban J connectivity index is 1.79. The van der Waals surface area contributed by atoms with Crippen LogP contribution in [0.5, 0.6) is 17.5 Å². The summed E-state index contributed by atoms with van der Waals surface area (Å²) in [6, 6.07) is 6.23. The van der Waals surface area contributed by atoms with Crippen molar-refractivity contribution in [3.63, 3.8) is 0 Å². The molecule has 1 aromatic carbocycles. The van der Waals surface area contributed by atoms with E-state index in [1.807, 2.05) is 6.92 Å². The molecule has 14 heteroatoms. The predicted molar refractivity (Wildman–Crippen MR) is 127 cm³/mol. The number of pyridine rings is 1. The number of sulfone groups is 1. The van der Waals surface area contributed by atoms with Crippen LogP contribution in [0.25, 0.3) is 0 Å². The Hall–Kier alpha value is -3.81. The van der Waals surface area contributed by atoms with Gasteiger partial charge in [-0.25, -0.2) is 17.8 Å². The summed E-state index contributed by atoms with van der Waals surface area (Å²) in [7, 11) is -2.43. The van der Waals surface area contributed by atoms with Crippen molar-refractivity contribution in [2.24, 2.45) is 0 Å². The SMILES string of the molecule is COc1nc(C2(C)CC2)cc(F)c1Oc1nnc(C(F)(F)F)c(C)c1C(=O)Nc1cccc(S(C)(=O)=O)c1. The number of hydrogen-bond donors (Lipinski definition) is 1. The number of ether oxygens (including phenoxy) is 2. The summed E-state index contributed by atoms with van der Waals surface area (Å²) in [5.74, 6) is -3.68. The third kappa shape index (κ3) is 5.39. The Bertz CT molecular complexity index is 1540. The van der Waals surface area contributed by atoms with Crippen molar-refractivity contribution in [2.45, 2.75) is 43.2 Å². The van der Waals surface area contributed by atoms with E-state index >= 15 is 4.39 Å². The molecule has 3 aromatic rings. The zero-order valence-electron chi connectivity index (χ0n) is 20.6. The largest absolute Gasteiger partial charge is 0.478 e. The maximum Gasteiger partial charge on any atom is 0.435 e. The quantitative estimate of drug-likeness (QED) is 0.412. The van der Waals surface area contributed by atoms with Gasteiger partial charge in [0.25, 0.3) is 17.7 Å². The number of benzene rings is 1. The minimum Gasteiger partial charge on any atom is -0.478 e. The number of methoxy groups -OCH3 is 1. The molecule has 38 heavy (non-hydrogen) atoms. The van der Waals surface area contributed by atoms with Gasteiger partial charge in [0, 0.05) is 23.4 Å². The monoisotopic (exact) mass is 554 g/mol. The van der Waals surface area contributed by atoms with Gasteiger partial charge in [-0.2, -0.15) is 13.2 Å². The second-order valence-corrected chi connectivity index (χ2v) is 11.1. The third-order valence-corrected chi connectivity index (χ3v) is 7.22. The lowest BCUT2D eigenvalue weighted by Crippen LogP contribution is -2.21. The topological polar surface area (TPSA) is 120 Å². The lowest BCUT2D eigenvalue weighted by atomic mass is 10.0. The molecule has 202 valence electrons. The molecule has 1 aliphatic carbocycles. The number of rotatable bonds is 7. The first kappa shape index (κ1) is 27.2. The highest BCUT2D eigenvalue weighted by atomic mass is 32.2. The maximum atomic E-state index is 15.1. The van der Waals surface area contributed by atoms with Crippen LogP contribution in [-0.2, 0) is 21.4 Å². The summed E-state index contributed by atoms with van der Waals surface area (Å²) in [5.41, 5.74) is -2.74. The number of nitrogens with zero attached hydrogens (tertiary/aromatic N) is 3. The summed E-state index contributed by atoms with van der Waals surface area (Å²) >= 11 is 0. The zero-order chi connectivity index (χ0) is 28.0. The summed E-state index contributed by atoms with van der Waals surface area (Å²) in [6.45, 7) is 2.87. The lowest BCUT2D eigenvalue weighted by Gasteiger charge is -2.18. The van der Waals surface area contributed by atoms with E-state index < -0.39 is 56.2 Å². The molecule has 0 spiro atoms. The Labute approximate surface area is 215 Å². The number of anilines is 1. The smallest absolute Gasteiger partial charge is 0.435 e. The van der Waals surface area contributed by atoms with Crippen molar-refractivity contribution < 1.29 is 40.2 Å². The zero-order valence-corrected chi connectivity index (χ0v) is 21.4. The van der Waals surface area contributed by atoms with Gasteiger partial charge in [0.05, 0.1) is 17.7 Å². The first-order chi connectivity index (χ1) is 17.6. The van der Waals surface area contributed by atoms with E-state index in [0.717, 1.165) is 38.2 Å². The molecule has 1 fully saturated rings. The van der Waals surface area contributed by atoms with Crippen molar-refractivity contribution >= 4 is 21.4 Å². The van der Waals surface area contributed by atoms with Crippen LogP contribution < -0.4 is 14.8 Å². The van der Waals surface area contributed by atoms with Crippen LogP contribution in [0.1, 0.15) is 47.1 Å². The highest BCUT2D eigenvalue weighted by Gasteiger charge is 2.42. The summed E-state index contributed by atoms with van der Waals surface area (Å²) < 4.78 is 90.2. The molecule has 0 bridgehead atoms. The van der Waals surface area contributed by atoms with Gasteiger partial charge in [0.2, 0.25) is 5.75 Å². The highest BCUT2D eigenvalue weighted by Crippen LogP contribution is 2.48. The molecule has 1 N–H and O–H groups in total. The molecule has 4 rings (SSSR count). The van der Waals surface area contributed by atoms with E-state index in [4.69, 9.17) is 9.47 Å². The molecule has 0 unspecified atom stereocenters. The van der Waals surface area contributed by atoms with Crippen LogP contribution in [0, 0.1) is 12.7 Å². The molecule has 9 nitrogen and oxygen atoms in total. The van der Waals surface area contributed by atoms with Crippen LogP contribution in [0.2, 0.25) is 0 Å². The number of aromatic nitrogens is 3. The van der Waals surface area contributed by atoms with Crippen LogP contribution in [0.15, 0.2) is 35.2 Å². The third-order valence-electron chi connectivity index (χ3n) is 6.11. The van der Waals surface area contributed by atoms with Crippen LogP contribution in [0.4, 0.5) is 23.2 Å². The molecule has 0 aliphatic heterocycles. The minimum atomic E-state index is -4.97. The molecule has 1 saturated carbocycles. The van der Waals surface area contributed by atoms with E-state index in [2.05, 4.69) is 20.5 Å². The van der Waals surface area contributed by atoms with Crippen molar-refractivity contribution in [2.75, 3.05) is 18.7 Å². The molecule has 1 amide bonds. The van der Waals surface area contributed by atoms with Crippen LogP contribution >= 0.6 is 0 Å². The Kier molecular flexibility index (Phi) is 6.80. The number of halogens is 4. The fourth-order valence-corrected chi connectivity index (χ4v) is 4.33. The minimum absolute atomic E-state index is 0.0268. The average Bonchev–Trinajstić information content (AvgIpc) is 3.57.